The highest BCUT2D eigenvalue weighted by Crippen LogP contribution is 2.24. The van der Waals surface area contributed by atoms with Crippen LogP contribution in [0, 0.1) is 0 Å². The number of aliphatic hydroxyl groups is 1. The van der Waals surface area contributed by atoms with Crippen LogP contribution in [0.1, 0.15) is 26.3 Å². The minimum atomic E-state index is -2.83. The van der Waals surface area contributed by atoms with Gasteiger partial charge in [-0.1, -0.05) is 12.1 Å². The molecule has 102 valence electrons. The van der Waals surface area contributed by atoms with Crippen LogP contribution in [0.4, 0.5) is 8.78 Å². The SMILES string of the molecule is CC(C)NC(C)(CO)c1ccc(OC(F)F)cc1. The Hall–Kier alpha value is -1.20. The van der Waals surface area contributed by atoms with Gasteiger partial charge in [0.1, 0.15) is 5.75 Å². The highest BCUT2D eigenvalue weighted by molar-refractivity contribution is 5.31. The number of hydrogen-bond donors (Lipinski definition) is 2. The van der Waals surface area contributed by atoms with Crippen LogP contribution in [0.15, 0.2) is 24.3 Å². The molecule has 0 amide bonds. The summed E-state index contributed by atoms with van der Waals surface area (Å²) in [6.07, 6.45) is 0. The number of halogens is 2. The zero-order valence-corrected chi connectivity index (χ0v) is 10.8. The maximum absolute atomic E-state index is 12.0. The van der Waals surface area contributed by atoms with Gasteiger partial charge in [0.15, 0.2) is 0 Å². The smallest absolute Gasteiger partial charge is 0.387 e. The molecule has 1 rings (SSSR count). The molecule has 1 atom stereocenters. The normalized spacial score (nSPS) is 14.9. The van der Waals surface area contributed by atoms with Gasteiger partial charge >= 0.3 is 6.61 Å². The fraction of sp³-hybridized carbons (Fsp3) is 0.538. The van der Waals surface area contributed by atoms with Crippen LogP contribution >= 0.6 is 0 Å². The molecule has 0 saturated carbocycles. The first-order valence-corrected chi connectivity index (χ1v) is 5.81. The average Bonchev–Trinajstić information content (AvgIpc) is 2.28. The third-order valence-corrected chi connectivity index (χ3v) is 2.64. The molecular formula is C13H19F2NO2. The monoisotopic (exact) mass is 259 g/mol. The molecule has 3 nitrogen and oxygen atoms in total. The molecule has 18 heavy (non-hydrogen) atoms. The minimum Gasteiger partial charge on any atom is -0.435 e. The predicted octanol–water partition coefficient (Wildman–Crippen LogP) is 2.49. The van der Waals surface area contributed by atoms with Crippen LogP contribution in [0.25, 0.3) is 0 Å². The Kier molecular flexibility index (Phi) is 5.04. The van der Waals surface area contributed by atoms with Gasteiger partial charge in [-0.25, -0.2) is 0 Å². The van der Waals surface area contributed by atoms with Gasteiger partial charge in [0.2, 0.25) is 0 Å². The lowest BCUT2D eigenvalue weighted by Gasteiger charge is -2.31. The molecule has 0 fully saturated rings. The third-order valence-electron chi connectivity index (χ3n) is 2.64. The summed E-state index contributed by atoms with van der Waals surface area (Å²) in [5.74, 6) is 0.110. The van der Waals surface area contributed by atoms with Crippen molar-refractivity contribution in [3.05, 3.63) is 29.8 Å². The second-order valence-corrected chi connectivity index (χ2v) is 4.69. The lowest BCUT2D eigenvalue weighted by Crippen LogP contribution is -2.46. The van der Waals surface area contributed by atoms with E-state index in [0.29, 0.717) is 0 Å². The van der Waals surface area contributed by atoms with E-state index in [1.54, 1.807) is 12.1 Å². The zero-order chi connectivity index (χ0) is 13.8. The van der Waals surface area contributed by atoms with Gasteiger partial charge in [-0.15, -0.1) is 0 Å². The molecule has 1 aromatic carbocycles. The van der Waals surface area contributed by atoms with Crippen LogP contribution in [0.5, 0.6) is 5.75 Å². The summed E-state index contributed by atoms with van der Waals surface area (Å²) in [7, 11) is 0. The molecule has 2 N–H and O–H groups in total. The van der Waals surface area contributed by atoms with E-state index in [-0.39, 0.29) is 18.4 Å². The maximum atomic E-state index is 12.0. The molecule has 0 aliphatic heterocycles. The summed E-state index contributed by atoms with van der Waals surface area (Å²) in [5.41, 5.74) is 0.220. The van der Waals surface area contributed by atoms with Crippen molar-refractivity contribution in [2.24, 2.45) is 0 Å². The average molecular weight is 259 g/mol. The van der Waals surface area contributed by atoms with Crippen molar-refractivity contribution in [1.29, 1.82) is 0 Å². The first-order chi connectivity index (χ1) is 8.37. The molecule has 0 aliphatic carbocycles. The van der Waals surface area contributed by atoms with Crippen molar-refractivity contribution in [3.8, 4) is 5.75 Å². The topological polar surface area (TPSA) is 41.5 Å². The summed E-state index contributed by atoms with van der Waals surface area (Å²) in [6, 6.07) is 6.47. The summed E-state index contributed by atoms with van der Waals surface area (Å²) >= 11 is 0. The summed E-state index contributed by atoms with van der Waals surface area (Å²) in [6.45, 7) is 2.90. The number of nitrogens with one attached hydrogen (secondary N) is 1. The number of rotatable bonds is 6. The molecule has 0 spiro atoms. The fourth-order valence-corrected chi connectivity index (χ4v) is 1.86. The zero-order valence-electron chi connectivity index (χ0n) is 10.8. The van der Waals surface area contributed by atoms with Gasteiger partial charge in [-0.3, -0.25) is 0 Å². The molecule has 0 aromatic heterocycles. The Balaban J connectivity index is 2.87. The Labute approximate surface area is 106 Å². The Morgan fingerprint density at radius 2 is 1.83 bits per heavy atom. The van der Waals surface area contributed by atoms with E-state index in [4.69, 9.17) is 0 Å². The van der Waals surface area contributed by atoms with E-state index < -0.39 is 12.2 Å². The lowest BCUT2D eigenvalue weighted by molar-refractivity contribution is -0.0498. The van der Waals surface area contributed by atoms with E-state index in [2.05, 4.69) is 10.1 Å². The Bertz CT molecular complexity index is 368. The first kappa shape index (κ1) is 14.9. The van der Waals surface area contributed by atoms with E-state index in [9.17, 15) is 13.9 Å². The molecule has 0 aliphatic rings. The number of hydrogen-bond acceptors (Lipinski definition) is 3. The quantitative estimate of drug-likeness (QED) is 0.824. The van der Waals surface area contributed by atoms with E-state index in [0.717, 1.165) is 5.56 Å². The summed E-state index contributed by atoms with van der Waals surface area (Å²) < 4.78 is 28.3. The third kappa shape index (κ3) is 3.92. The van der Waals surface area contributed by atoms with Crippen molar-refractivity contribution >= 4 is 0 Å². The largest absolute Gasteiger partial charge is 0.435 e. The van der Waals surface area contributed by atoms with Gasteiger partial charge < -0.3 is 15.2 Å². The van der Waals surface area contributed by atoms with E-state index >= 15 is 0 Å². The second kappa shape index (κ2) is 6.11. The number of benzene rings is 1. The number of aliphatic hydroxyl groups excluding tert-OH is 1. The van der Waals surface area contributed by atoms with Gasteiger partial charge in [-0.05, 0) is 38.5 Å². The van der Waals surface area contributed by atoms with Gasteiger partial charge in [0.05, 0.1) is 12.1 Å². The van der Waals surface area contributed by atoms with Crippen LogP contribution in [0.2, 0.25) is 0 Å². The predicted molar refractivity (Wildman–Crippen MR) is 65.8 cm³/mol. The molecule has 1 aromatic rings. The first-order valence-electron chi connectivity index (χ1n) is 5.81. The fourth-order valence-electron chi connectivity index (χ4n) is 1.86. The highest BCUT2D eigenvalue weighted by Gasteiger charge is 2.26. The molecular weight excluding hydrogens is 240 g/mol. The molecule has 0 radical (unpaired) electrons. The number of ether oxygens (including phenoxy) is 1. The van der Waals surface area contributed by atoms with Crippen LogP contribution in [-0.4, -0.2) is 24.4 Å². The second-order valence-electron chi connectivity index (χ2n) is 4.69. The molecule has 1 unspecified atom stereocenters. The van der Waals surface area contributed by atoms with Gasteiger partial charge in [-0.2, -0.15) is 8.78 Å². The maximum Gasteiger partial charge on any atom is 0.387 e. The highest BCUT2D eigenvalue weighted by atomic mass is 19.3. The Morgan fingerprint density at radius 1 is 1.28 bits per heavy atom. The van der Waals surface area contributed by atoms with Crippen molar-refractivity contribution in [2.75, 3.05) is 6.61 Å². The lowest BCUT2D eigenvalue weighted by atomic mass is 9.92. The standard InChI is InChI=1S/C13H19F2NO2/c1-9(2)16-13(3,8-17)10-4-6-11(7-5-10)18-12(14)15/h4-7,9,12,16-17H,8H2,1-3H3. The van der Waals surface area contributed by atoms with Crippen molar-refractivity contribution in [1.82, 2.24) is 5.32 Å². The van der Waals surface area contributed by atoms with E-state index in [1.165, 1.54) is 12.1 Å². The van der Waals surface area contributed by atoms with Crippen molar-refractivity contribution < 1.29 is 18.6 Å². The number of alkyl halides is 2. The van der Waals surface area contributed by atoms with Crippen molar-refractivity contribution in [3.63, 3.8) is 0 Å². The Morgan fingerprint density at radius 3 is 2.22 bits per heavy atom. The van der Waals surface area contributed by atoms with Crippen LogP contribution < -0.4 is 10.1 Å². The minimum absolute atomic E-state index is 0.0831. The van der Waals surface area contributed by atoms with Gasteiger partial charge in [0, 0.05) is 6.04 Å². The van der Waals surface area contributed by atoms with Crippen molar-refractivity contribution in [2.45, 2.75) is 39.0 Å². The van der Waals surface area contributed by atoms with Crippen LogP contribution in [-0.2, 0) is 5.54 Å². The molecule has 5 heteroatoms. The summed E-state index contributed by atoms with van der Waals surface area (Å²) in [5, 5.41) is 12.7. The molecule has 0 heterocycles. The van der Waals surface area contributed by atoms with Gasteiger partial charge in [0.25, 0.3) is 0 Å². The van der Waals surface area contributed by atoms with E-state index in [1.807, 2.05) is 20.8 Å². The molecule has 0 bridgehead atoms. The molecule has 0 saturated heterocycles. The van der Waals surface area contributed by atoms with Crippen LogP contribution in [0.3, 0.4) is 0 Å². The summed E-state index contributed by atoms with van der Waals surface area (Å²) in [4.78, 5) is 0.